The lowest BCUT2D eigenvalue weighted by molar-refractivity contribution is -0.0916. The maximum atomic E-state index is 14.1. The predicted molar refractivity (Wildman–Crippen MR) is 173 cm³/mol. The van der Waals surface area contributed by atoms with Crippen LogP contribution in [0.2, 0.25) is 26.2 Å². The van der Waals surface area contributed by atoms with Gasteiger partial charge in [0.05, 0.1) is 5.92 Å². The van der Waals surface area contributed by atoms with Gasteiger partial charge in [-0.2, -0.15) is 0 Å². The molecule has 0 radical (unpaired) electrons. The number of hydrogen-bond acceptors (Lipinski definition) is 4. The van der Waals surface area contributed by atoms with Crippen molar-refractivity contribution in [3.8, 4) is 0 Å². The molecule has 40 heavy (non-hydrogen) atoms. The predicted octanol–water partition coefficient (Wildman–Crippen LogP) is 8.22. The number of fused-ring (bicyclic) bond motifs is 1. The Bertz CT molecular complexity index is 1180. The van der Waals surface area contributed by atoms with Crippen LogP contribution in [-0.2, 0) is 19.0 Å². The average Bonchev–Trinajstić information content (AvgIpc) is 3.17. The van der Waals surface area contributed by atoms with Crippen LogP contribution in [0.25, 0.3) is 10.8 Å². The van der Waals surface area contributed by atoms with Gasteiger partial charge in [0, 0.05) is 19.6 Å². The minimum absolute atomic E-state index is 0.000271. The van der Waals surface area contributed by atoms with Crippen LogP contribution in [0.15, 0.2) is 36.4 Å². The third-order valence-corrected chi connectivity index (χ3v) is 9.70. The quantitative estimate of drug-likeness (QED) is 0.307. The van der Waals surface area contributed by atoms with E-state index in [1.807, 2.05) is 25.7 Å². The number of nitrogens with zero attached hydrogens (tertiary/aromatic N) is 1. The summed E-state index contributed by atoms with van der Waals surface area (Å²) in [6.07, 6.45) is 0.459. The SMILES string of the molecule is C[SiH](C)OCC(c1ccc(C(C)(C)C)c2ccccc12)[C@]1(O[SiH](C)C)C[C@H](C(C)(C)C)CN1C(=O)OC(C)(C)C. The van der Waals surface area contributed by atoms with Gasteiger partial charge in [0.1, 0.15) is 11.3 Å². The van der Waals surface area contributed by atoms with Crippen LogP contribution < -0.4 is 0 Å². The fourth-order valence-corrected chi connectivity index (χ4v) is 7.77. The van der Waals surface area contributed by atoms with Crippen molar-refractivity contribution in [2.75, 3.05) is 13.2 Å². The maximum Gasteiger partial charge on any atom is 0.412 e. The summed E-state index contributed by atoms with van der Waals surface area (Å²) in [7, 11) is -2.99. The molecule has 224 valence electrons. The van der Waals surface area contributed by atoms with E-state index in [0.717, 1.165) is 6.42 Å². The highest BCUT2D eigenvalue weighted by molar-refractivity contribution is 6.48. The van der Waals surface area contributed by atoms with Crippen molar-refractivity contribution in [3.63, 3.8) is 0 Å². The van der Waals surface area contributed by atoms with Crippen molar-refractivity contribution in [2.45, 2.75) is 118 Å². The van der Waals surface area contributed by atoms with Gasteiger partial charge in [0.15, 0.2) is 18.1 Å². The lowest BCUT2D eigenvalue weighted by atomic mass is 9.75. The Morgan fingerprint density at radius 3 is 2.02 bits per heavy atom. The fourth-order valence-electron chi connectivity index (χ4n) is 5.99. The topological polar surface area (TPSA) is 48.0 Å². The molecule has 1 fully saturated rings. The molecule has 1 heterocycles. The van der Waals surface area contributed by atoms with Gasteiger partial charge in [0.2, 0.25) is 0 Å². The molecule has 2 aromatic rings. The first-order valence-corrected chi connectivity index (χ1v) is 20.6. The molecular weight excluding hydrogens is 531 g/mol. The number of rotatable bonds is 7. The molecular formula is C33H55NO4Si2. The van der Waals surface area contributed by atoms with Crippen LogP contribution in [0.4, 0.5) is 4.79 Å². The second-order valence-corrected chi connectivity index (χ2v) is 20.1. The van der Waals surface area contributed by atoms with Crippen LogP contribution >= 0.6 is 0 Å². The van der Waals surface area contributed by atoms with Crippen molar-refractivity contribution in [1.82, 2.24) is 4.90 Å². The molecule has 0 spiro atoms. The molecule has 1 saturated heterocycles. The van der Waals surface area contributed by atoms with Crippen LogP contribution in [0, 0.1) is 11.3 Å². The Hall–Kier alpha value is -1.68. The number of likely N-dealkylation sites (tertiary alicyclic amines) is 1. The highest BCUT2D eigenvalue weighted by Gasteiger charge is 2.57. The molecule has 5 nitrogen and oxygen atoms in total. The van der Waals surface area contributed by atoms with E-state index in [2.05, 4.69) is 104 Å². The number of ether oxygens (including phenoxy) is 1. The number of carbonyl (C=O) groups is 1. The van der Waals surface area contributed by atoms with Gasteiger partial charge >= 0.3 is 6.09 Å². The summed E-state index contributed by atoms with van der Waals surface area (Å²) in [5, 5.41) is 2.47. The summed E-state index contributed by atoms with van der Waals surface area (Å²) in [5.74, 6) is 0.0998. The normalized spacial score (nSPS) is 21.5. The second kappa shape index (κ2) is 11.9. The average molecular weight is 586 g/mol. The molecule has 3 atom stereocenters. The third-order valence-electron chi connectivity index (χ3n) is 7.96. The molecule has 2 aromatic carbocycles. The summed E-state index contributed by atoms with van der Waals surface area (Å²) in [6, 6.07) is 13.3. The summed E-state index contributed by atoms with van der Waals surface area (Å²) < 4.78 is 19.8. The summed E-state index contributed by atoms with van der Waals surface area (Å²) in [4.78, 5) is 16.0. The van der Waals surface area contributed by atoms with Gasteiger partial charge in [-0.3, -0.25) is 4.90 Å². The Labute approximate surface area is 247 Å². The van der Waals surface area contributed by atoms with Crippen LogP contribution in [0.5, 0.6) is 0 Å². The zero-order chi connectivity index (χ0) is 30.3. The first-order valence-electron chi connectivity index (χ1n) is 15.1. The number of hydrogen-bond donors (Lipinski definition) is 0. The summed E-state index contributed by atoms with van der Waals surface area (Å²) in [6.45, 7) is 29.4. The largest absolute Gasteiger partial charge is 0.444 e. The zero-order valence-corrected chi connectivity index (χ0v) is 29.8. The Morgan fingerprint density at radius 1 is 0.925 bits per heavy atom. The molecule has 1 aliphatic rings. The minimum atomic E-state index is -1.63. The molecule has 1 aliphatic heterocycles. The molecule has 0 aromatic heterocycles. The van der Waals surface area contributed by atoms with Crippen molar-refractivity contribution in [3.05, 3.63) is 47.5 Å². The molecule has 0 aliphatic carbocycles. The van der Waals surface area contributed by atoms with E-state index < -0.39 is 29.4 Å². The Kier molecular flexibility index (Phi) is 9.77. The van der Waals surface area contributed by atoms with Crippen molar-refractivity contribution < 1.29 is 18.4 Å². The lowest BCUT2D eigenvalue weighted by Crippen LogP contribution is -2.57. The van der Waals surface area contributed by atoms with Gasteiger partial charge < -0.3 is 13.6 Å². The van der Waals surface area contributed by atoms with Crippen LogP contribution in [0.3, 0.4) is 0 Å². The van der Waals surface area contributed by atoms with E-state index in [0.29, 0.717) is 13.2 Å². The number of benzene rings is 2. The molecule has 0 N–H and O–H groups in total. The van der Waals surface area contributed by atoms with E-state index in [1.54, 1.807) is 0 Å². The zero-order valence-electron chi connectivity index (χ0n) is 27.5. The molecule has 7 heteroatoms. The number of amides is 1. The summed E-state index contributed by atoms with van der Waals surface area (Å²) >= 11 is 0. The molecule has 3 rings (SSSR count). The van der Waals surface area contributed by atoms with E-state index in [4.69, 9.17) is 13.6 Å². The van der Waals surface area contributed by atoms with Gasteiger partial charge in [0.25, 0.3) is 0 Å². The maximum absolute atomic E-state index is 14.1. The van der Waals surface area contributed by atoms with Gasteiger partial charge in [-0.05, 0) is 85.6 Å². The standard InChI is InChI=1S/C33H55NO4Si2/c1-30(2,3)23-20-33(38-40(12)13,34(21-23)29(35)37-32(7,8)9)28(22-36-39(10)11)26-18-19-27(31(4,5)6)25-17-15-14-16-24(25)26/h14-19,23,28,39-40H,20-22H2,1-13H3/t23-,28?,33+/m0/s1. The first-order chi connectivity index (χ1) is 18.3. The molecule has 1 amide bonds. The monoisotopic (exact) mass is 585 g/mol. The van der Waals surface area contributed by atoms with Crippen molar-refractivity contribution in [1.29, 1.82) is 0 Å². The van der Waals surface area contributed by atoms with E-state index in [1.165, 1.54) is 21.9 Å². The van der Waals surface area contributed by atoms with Crippen LogP contribution in [0.1, 0.15) is 85.8 Å². The highest BCUT2D eigenvalue weighted by atomic mass is 28.3. The molecule has 0 saturated carbocycles. The van der Waals surface area contributed by atoms with Crippen molar-refractivity contribution in [2.24, 2.45) is 11.3 Å². The van der Waals surface area contributed by atoms with Gasteiger partial charge in [-0.25, -0.2) is 4.79 Å². The highest BCUT2D eigenvalue weighted by Crippen LogP contribution is 2.51. The van der Waals surface area contributed by atoms with Crippen molar-refractivity contribution >= 4 is 34.9 Å². The van der Waals surface area contributed by atoms with E-state index >= 15 is 0 Å². The first kappa shape index (κ1) is 32.8. The van der Waals surface area contributed by atoms with Gasteiger partial charge in [-0.15, -0.1) is 0 Å². The van der Waals surface area contributed by atoms with E-state index in [-0.39, 0.29) is 28.8 Å². The smallest absolute Gasteiger partial charge is 0.412 e. The third kappa shape index (κ3) is 7.39. The minimum Gasteiger partial charge on any atom is -0.444 e. The second-order valence-electron chi connectivity index (χ2n) is 15.3. The summed E-state index contributed by atoms with van der Waals surface area (Å²) in [5.41, 5.74) is 1.06. The van der Waals surface area contributed by atoms with Crippen LogP contribution in [-0.4, -0.2) is 53.6 Å². The Balaban J connectivity index is 2.35. The number of carbonyl (C=O) groups excluding carboxylic acids is 1. The van der Waals surface area contributed by atoms with Gasteiger partial charge in [-0.1, -0.05) is 77.9 Å². The molecule has 1 unspecified atom stereocenters. The van der Waals surface area contributed by atoms with E-state index in [9.17, 15) is 4.79 Å². The lowest BCUT2D eigenvalue weighted by Gasteiger charge is -2.46. The fraction of sp³-hybridized carbons (Fsp3) is 0.667. The molecule has 0 bridgehead atoms. The Morgan fingerprint density at radius 2 is 1.52 bits per heavy atom.